The molecule has 2 heterocycles. The van der Waals surface area contributed by atoms with Crippen LogP contribution in [0.2, 0.25) is 0 Å². The molecule has 4 rings (SSSR count). The predicted octanol–water partition coefficient (Wildman–Crippen LogP) is 3.52. The van der Waals surface area contributed by atoms with Crippen LogP contribution in [0.1, 0.15) is 18.4 Å². The Morgan fingerprint density at radius 1 is 1.09 bits per heavy atom. The molecular formula is C23H27N3O4S2. The Bertz CT molecular complexity index is 1200. The summed E-state index contributed by atoms with van der Waals surface area (Å²) in [6.45, 7) is 4.57. The molecule has 0 bridgehead atoms. The lowest BCUT2D eigenvalue weighted by molar-refractivity contribution is -0.131. The van der Waals surface area contributed by atoms with Gasteiger partial charge in [-0.3, -0.25) is 4.79 Å². The Labute approximate surface area is 192 Å². The Balaban J connectivity index is 1.27. The average Bonchev–Trinajstić information content (AvgIpc) is 3.22. The maximum atomic E-state index is 12.6. The number of anilines is 1. The highest BCUT2D eigenvalue weighted by Gasteiger charge is 2.24. The molecule has 9 heteroatoms. The molecule has 0 saturated carbocycles. The Morgan fingerprint density at radius 3 is 2.50 bits per heavy atom. The second-order valence-corrected chi connectivity index (χ2v) is 11.1. The molecule has 1 fully saturated rings. The first-order chi connectivity index (χ1) is 15.4. The number of piperazine rings is 1. The van der Waals surface area contributed by atoms with Gasteiger partial charge in [0.25, 0.3) is 0 Å². The molecule has 1 aromatic heterocycles. The Kier molecular flexibility index (Phi) is 6.66. The summed E-state index contributed by atoms with van der Waals surface area (Å²) in [6.07, 6.45) is 0.570. The predicted molar refractivity (Wildman–Crippen MR) is 127 cm³/mol. The molecule has 1 aliphatic heterocycles. The van der Waals surface area contributed by atoms with E-state index in [1.165, 1.54) is 0 Å². The number of benzene rings is 2. The van der Waals surface area contributed by atoms with Crippen LogP contribution >= 0.6 is 11.3 Å². The number of aryl methyl sites for hydroxylation is 1. The van der Waals surface area contributed by atoms with Gasteiger partial charge in [-0.25, -0.2) is 13.4 Å². The van der Waals surface area contributed by atoms with Gasteiger partial charge in [-0.2, -0.15) is 0 Å². The van der Waals surface area contributed by atoms with Crippen molar-refractivity contribution in [1.82, 2.24) is 9.88 Å². The molecule has 0 atom stereocenters. The molecule has 0 unspecified atom stereocenters. The standard InChI is InChI=1S/C23H27N3O4S2/c1-17-5-8-19(9-6-17)32(28,29)15-3-4-22(27)25-11-13-26(14-12-25)23-24-20-10-7-18(30-2)16-21(20)31-23/h5-10,16H,3-4,11-15H2,1-2H3. The van der Waals surface area contributed by atoms with Gasteiger partial charge in [0.15, 0.2) is 15.0 Å². The summed E-state index contributed by atoms with van der Waals surface area (Å²) in [7, 11) is -1.71. The van der Waals surface area contributed by atoms with Crippen LogP contribution in [-0.2, 0) is 14.6 Å². The molecule has 1 saturated heterocycles. The van der Waals surface area contributed by atoms with Gasteiger partial charge in [0, 0.05) is 32.6 Å². The zero-order valence-corrected chi connectivity index (χ0v) is 19.9. The quantitative estimate of drug-likeness (QED) is 0.522. The number of hydrogen-bond acceptors (Lipinski definition) is 7. The highest BCUT2D eigenvalue weighted by atomic mass is 32.2. The van der Waals surface area contributed by atoms with Crippen molar-refractivity contribution in [3.05, 3.63) is 48.0 Å². The van der Waals surface area contributed by atoms with Crippen molar-refractivity contribution in [2.45, 2.75) is 24.7 Å². The average molecular weight is 474 g/mol. The van der Waals surface area contributed by atoms with Gasteiger partial charge in [0.05, 0.1) is 28.0 Å². The van der Waals surface area contributed by atoms with E-state index in [2.05, 4.69) is 4.90 Å². The van der Waals surface area contributed by atoms with Crippen LogP contribution < -0.4 is 9.64 Å². The third-order valence-corrected chi connectivity index (χ3v) is 8.57. The summed E-state index contributed by atoms with van der Waals surface area (Å²) >= 11 is 1.62. The number of thiazole rings is 1. The largest absolute Gasteiger partial charge is 0.497 e. The summed E-state index contributed by atoms with van der Waals surface area (Å²) in [5.74, 6) is 0.807. The minimum Gasteiger partial charge on any atom is -0.497 e. The van der Waals surface area contributed by atoms with Crippen LogP contribution in [0.3, 0.4) is 0 Å². The summed E-state index contributed by atoms with van der Waals surface area (Å²) in [5.41, 5.74) is 1.96. The number of rotatable bonds is 7. The first-order valence-electron chi connectivity index (χ1n) is 10.6. The SMILES string of the molecule is COc1ccc2nc(N3CCN(C(=O)CCCS(=O)(=O)c4ccc(C)cc4)CC3)sc2c1. The lowest BCUT2D eigenvalue weighted by atomic mass is 10.2. The Hall–Kier alpha value is -2.65. The normalized spacial score (nSPS) is 14.7. The Morgan fingerprint density at radius 2 is 1.81 bits per heavy atom. The topological polar surface area (TPSA) is 79.8 Å². The third-order valence-electron chi connectivity index (χ3n) is 5.67. The molecule has 0 spiro atoms. The number of sulfone groups is 1. The van der Waals surface area contributed by atoms with Gasteiger partial charge in [-0.15, -0.1) is 0 Å². The molecule has 1 aliphatic rings. The van der Waals surface area contributed by atoms with E-state index in [0.29, 0.717) is 37.5 Å². The summed E-state index contributed by atoms with van der Waals surface area (Å²) in [6, 6.07) is 12.7. The lowest BCUT2D eigenvalue weighted by Gasteiger charge is -2.34. The van der Waals surface area contributed by atoms with Crippen LogP contribution in [-0.4, -0.2) is 63.3 Å². The highest BCUT2D eigenvalue weighted by molar-refractivity contribution is 7.91. The third kappa shape index (κ3) is 5.05. The van der Waals surface area contributed by atoms with E-state index in [1.54, 1.807) is 42.7 Å². The van der Waals surface area contributed by atoms with Crippen LogP contribution in [0.5, 0.6) is 5.75 Å². The maximum Gasteiger partial charge on any atom is 0.222 e. The van der Waals surface area contributed by atoms with Gasteiger partial charge in [-0.1, -0.05) is 29.0 Å². The van der Waals surface area contributed by atoms with Crippen LogP contribution in [0.4, 0.5) is 5.13 Å². The first kappa shape index (κ1) is 22.5. The van der Waals surface area contributed by atoms with Crippen molar-refractivity contribution < 1.29 is 17.9 Å². The van der Waals surface area contributed by atoms with Crippen LogP contribution in [0.15, 0.2) is 47.4 Å². The fourth-order valence-corrected chi connectivity index (χ4v) is 6.09. The molecule has 170 valence electrons. The lowest BCUT2D eigenvalue weighted by Crippen LogP contribution is -2.48. The van der Waals surface area contributed by atoms with Crippen molar-refractivity contribution in [1.29, 1.82) is 0 Å². The molecule has 0 aliphatic carbocycles. The second kappa shape index (κ2) is 9.46. The van der Waals surface area contributed by atoms with Gasteiger partial charge in [0.1, 0.15) is 5.75 Å². The maximum absolute atomic E-state index is 12.6. The van der Waals surface area contributed by atoms with Crippen LogP contribution in [0.25, 0.3) is 10.2 Å². The zero-order chi connectivity index (χ0) is 22.7. The number of carbonyl (C=O) groups is 1. The number of hydrogen-bond donors (Lipinski definition) is 0. The van der Waals surface area contributed by atoms with E-state index in [9.17, 15) is 13.2 Å². The van der Waals surface area contributed by atoms with Crippen LogP contribution in [0, 0.1) is 6.92 Å². The number of fused-ring (bicyclic) bond motifs is 1. The zero-order valence-electron chi connectivity index (χ0n) is 18.3. The van der Waals surface area contributed by atoms with Crippen molar-refractivity contribution in [3.8, 4) is 5.75 Å². The number of methoxy groups -OCH3 is 1. The molecular weight excluding hydrogens is 446 g/mol. The fourth-order valence-electron chi connectivity index (χ4n) is 3.74. The molecule has 0 N–H and O–H groups in total. The van der Waals surface area contributed by atoms with E-state index in [-0.39, 0.29) is 18.1 Å². The number of ether oxygens (including phenoxy) is 1. The number of nitrogens with zero attached hydrogens (tertiary/aromatic N) is 3. The summed E-state index contributed by atoms with van der Waals surface area (Å²) < 4.78 is 31.3. The van der Waals surface area contributed by atoms with Gasteiger partial charge >= 0.3 is 0 Å². The molecule has 32 heavy (non-hydrogen) atoms. The number of amides is 1. The number of aromatic nitrogens is 1. The summed E-state index contributed by atoms with van der Waals surface area (Å²) in [4.78, 5) is 21.7. The van der Waals surface area contributed by atoms with Gasteiger partial charge in [-0.05, 0) is 43.7 Å². The van der Waals surface area contributed by atoms with E-state index in [4.69, 9.17) is 9.72 Å². The van der Waals surface area contributed by atoms with Crippen molar-refractivity contribution in [3.63, 3.8) is 0 Å². The first-order valence-corrected chi connectivity index (χ1v) is 13.1. The van der Waals surface area contributed by atoms with E-state index < -0.39 is 9.84 Å². The molecule has 2 aromatic carbocycles. The monoisotopic (exact) mass is 473 g/mol. The minimum absolute atomic E-state index is 0.0118. The van der Waals surface area contributed by atoms with E-state index in [1.807, 2.05) is 30.0 Å². The summed E-state index contributed by atoms with van der Waals surface area (Å²) in [5, 5.41) is 0.949. The van der Waals surface area contributed by atoms with E-state index in [0.717, 1.165) is 26.7 Å². The van der Waals surface area contributed by atoms with Crippen molar-refractivity contribution >= 4 is 42.4 Å². The smallest absolute Gasteiger partial charge is 0.222 e. The fraction of sp³-hybridized carbons (Fsp3) is 0.391. The van der Waals surface area contributed by atoms with Crippen molar-refractivity contribution in [2.24, 2.45) is 0 Å². The molecule has 0 radical (unpaired) electrons. The van der Waals surface area contributed by atoms with Crippen molar-refractivity contribution in [2.75, 3.05) is 43.9 Å². The minimum atomic E-state index is -3.36. The van der Waals surface area contributed by atoms with E-state index >= 15 is 0 Å². The molecule has 7 nitrogen and oxygen atoms in total. The van der Waals surface area contributed by atoms with Gasteiger partial charge in [0.2, 0.25) is 5.91 Å². The van der Waals surface area contributed by atoms with Gasteiger partial charge < -0.3 is 14.5 Å². The molecule has 3 aromatic rings. The molecule has 1 amide bonds. The second-order valence-electron chi connectivity index (χ2n) is 7.93. The highest BCUT2D eigenvalue weighted by Crippen LogP contribution is 2.31. The number of carbonyl (C=O) groups excluding carboxylic acids is 1.